The zero-order valence-electron chi connectivity index (χ0n) is 47.6. The molecule has 2 aromatic heterocycles. The van der Waals surface area contributed by atoms with Crippen molar-refractivity contribution in [1.82, 2.24) is 9.13 Å². The van der Waals surface area contributed by atoms with Gasteiger partial charge in [0.15, 0.2) is 0 Å². The van der Waals surface area contributed by atoms with Crippen LogP contribution in [0.4, 0.5) is 0 Å². The number of unbranched alkanes of at least 4 members (excludes halogenated alkanes) is 6. The molecule has 2 nitrogen and oxygen atoms in total. The number of nitrogens with zero attached hydrogens (tertiary/aromatic N) is 2. The summed E-state index contributed by atoms with van der Waals surface area (Å²) in [6.45, 7) is 6.83. The van der Waals surface area contributed by atoms with Crippen molar-refractivity contribution in [3.05, 3.63) is 265 Å². The van der Waals surface area contributed by atoms with Crippen LogP contribution < -0.4 is 0 Å². The van der Waals surface area contributed by atoms with Gasteiger partial charge in [0.1, 0.15) is 0 Å². The van der Waals surface area contributed by atoms with Gasteiger partial charge in [0.2, 0.25) is 0 Å². The highest BCUT2D eigenvalue weighted by molar-refractivity contribution is 6.11. The predicted molar refractivity (Wildman–Crippen MR) is 351 cm³/mol. The van der Waals surface area contributed by atoms with E-state index in [9.17, 15) is 0 Å². The Hall–Kier alpha value is -8.98. The summed E-state index contributed by atoms with van der Waals surface area (Å²) in [4.78, 5) is 0. The normalized spacial score (nSPS) is 12.7. The van der Waals surface area contributed by atoms with Crippen LogP contribution >= 0.6 is 0 Å². The Morgan fingerprint density at radius 3 is 1.10 bits per heavy atom. The van der Waals surface area contributed by atoms with Crippen LogP contribution in [-0.4, -0.2) is 9.13 Å². The van der Waals surface area contributed by atoms with E-state index in [1.165, 1.54) is 203 Å². The van der Waals surface area contributed by atoms with Gasteiger partial charge < -0.3 is 9.13 Å². The number of rotatable bonds is 17. The quantitative estimate of drug-likeness (QED) is 0.0805. The first-order valence-electron chi connectivity index (χ1n) is 30.3. The first kappa shape index (κ1) is 51.2. The maximum Gasteiger partial charge on any atom is 0.0541 e. The Labute approximate surface area is 484 Å². The number of aryl methyl sites for hydroxylation is 1. The van der Waals surface area contributed by atoms with Crippen LogP contribution in [0.5, 0.6) is 0 Å². The van der Waals surface area contributed by atoms with Crippen molar-refractivity contribution in [2.24, 2.45) is 0 Å². The molecule has 0 bridgehead atoms. The van der Waals surface area contributed by atoms with E-state index in [0.29, 0.717) is 0 Å². The second-order valence-corrected chi connectivity index (χ2v) is 23.3. The fourth-order valence-corrected chi connectivity index (χ4v) is 14.0. The predicted octanol–water partition coefficient (Wildman–Crippen LogP) is 22.7. The van der Waals surface area contributed by atoms with Gasteiger partial charge in [-0.05, 0) is 177 Å². The average Bonchev–Trinajstić information content (AvgIpc) is 3.82. The number of benzene rings is 11. The number of para-hydroxylation sites is 3. The van der Waals surface area contributed by atoms with Gasteiger partial charge in [0.25, 0.3) is 0 Å². The van der Waals surface area contributed by atoms with Crippen molar-refractivity contribution < 1.29 is 0 Å². The first-order chi connectivity index (χ1) is 40.5. The molecule has 0 amide bonds. The molecule has 2 heterocycles. The minimum absolute atomic E-state index is 0.0587. The summed E-state index contributed by atoms with van der Waals surface area (Å²) in [7, 11) is 0. The van der Waals surface area contributed by atoms with Crippen molar-refractivity contribution in [3.63, 3.8) is 0 Å². The van der Waals surface area contributed by atoms with Crippen LogP contribution in [0.25, 0.3) is 122 Å². The number of hydrogen-bond donors (Lipinski definition) is 0. The Kier molecular flexibility index (Phi) is 13.6. The van der Waals surface area contributed by atoms with Crippen molar-refractivity contribution >= 4 is 43.6 Å². The summed E-state index contributed by atoms with van der Waals surface area (Å²) < 4.78 is 4.88. The number of hydrogen-bond acceptors (Lipinski definition) is 0. The minimum atomic E-state index is -0.0587. The molecule has 1 aliphatic rings. The van der Waals surface area contributed by atoms with E-state index in [4.69, 9.17) is 0 Å². The van der Waals surface area contributed by atoms with E-state index in [1.807, 2.05) is 0 Å². The van der Waals surface area contributed by atoms with Crippen molar-refractivity contribution in [2.75, 3.05) is 0 Å². The van der Waals surface area contributed by atoms with Gasteiger partial charge in [-0.15, -0.1) is 0 Å². The first-order valence-corrected chi connectivity index (χ1v) is 30.3. The molecule has 0 unspecified atom stereocenters. The molecule has 0 atom stereocenters. The highest BCUT2D eigenvalue weighted by Crippen LogP contribution is 2.56. The lowest BCUT2D eigenvalue weighted by molar-refractivity contribution is 0.401. The van der Waals surface area contributed by atoms with Crippen LogP contribution in [0, 0.1) is 6.92 Å². The molecular formula is C80H70N2. The van der Waals surface area contributed by atoms with Gasteiger partial charge in [-0.2, -0.15) is 0 Å². The van der Waals surface area contributed by atoms with E-state index in [-0.39, 0.29) is 5.41 Å². The van der Waals surface area contributed by atoms with Gasteiger partial charge in [0.05, 0.1) is 22.1 Å². The van der Waals surface area contributed by atoms with E-state index in [2.05, 4.69) is 279 Å². The molecule has 0 N–H and O–H groups in total. The molecule has 2 heteroatoms. The Morgan fingerprint density at radius 1 is 0.280 bits per heavy atom. The monoisotopic (exact) mass is 1060 g/mol. The van der Waals surface area contributed by atoms with Gasteiger partial charge in [-0.1, -0.05) is 241 Å². The highest BCUT2D eigenvalue weighted by atomic mass is 15.0. The lowest BCUT2D eigenvalue weighted by Crippen LogP contribution is -2.25. The largest absolute Gasteiger partial charge is 0.309 e. The zero-order valence-corrected chi connectivity index (χ0v) is 47.6. The van der Waals surface area contributed by atoms with Crippen LogP contribution in [0.15, 0.2) is 249 Å². The van der Waals surface area contributed by atoms with Gasteiger partial charge in [-0.25, -0.2) is 0 Å². The molecular weight excluding hydrogens is 989 g/mol. The summed E-state index contributed by atoms with van der Waals surface area (Å²) in [5, 5.41) is 5.10. The molecule has 82 heavy (non-hydrogen) atoms. The molecule has 0 saturated carbocycles. The highest BCUT2D eigenvalue weighted by Gasteiger charge is 2.42. The molecule has 13 aromatic rings. The summed E-state index contributed by atoms with van der Waals surface area (Å²) in [6.07, 6.45) is 12.4. The van der Waals surface area contributed by atoms with Gasteiger partial charge in [0, 0.05) is 38.3 Å². The van der Waals surface area contributed by atoms with Crippen molar-refractivity contribution in [2.45, 2.75) is 90.4 Å². The Balaban J connectivity index is 0.797. The van der Waals surface area contributed by atoms with E-state index < -0.39 is 0 Å². The topological polar surface area (TPSA) is 9.86 Å². The lowest BCUT2D eigenvalue weighted by Gasteiger charge is -2.33. The molecule has 0 saturated heterocycles. The third kappa shape index (κ3) is 9.16. The van der Waals surface area contributed by atoms with Crippen LogP contribution in [-0.2, 0) is 5.41 Å². The molecule has 14 rings (SSSR count). The molecule has 0 fully saturated rings. The van der Waals surface area contributed by atoms with E-state index >= 15 is 0 Å². The fourth-order valence-electron chi connectivity index (χ4n) is 14.0. The number of aromatic nitrogens is 2. The van der Waals surface area contributed by atoms with Crippen molar-refractivity contribution in [3.8, 4) is 78.1 Å². The summed E-state index contributed by atoms with van der Waals surface area (Å²) in [6, 6.07) is 93.9. The van der Waals surface area contributed by atoms with Crippen molar-refractivity contribution in [1.29, 1.82) is 0 Å². The lowest BCUT2D eigenvalue weighted by atomic mass is 9.70. The molecule has 400 valence electrons. The fraction of sp³-hybridized carbons (Fsp3) is 0.175. The third-order valence-electron chi connectivity index (χ3n) is 18.2. The minimum Gasteiger partial charge on any atom is -0.309 e. The average molecular weight is 1060 g/mol. The van der Waals surface area contributed by atoms with Gasteiger partial charge >= 0.3 is 0 Å². The molecule has 1 aliphatic carbocycles. The van der Waals surface area contributed by atoms with E-state index in [1.54, 1.807) is 0 Å². The Bertz CT molecular complexity index is 4420. The van der Waals surface area contributed by atoms with E-state index in [0.717, 1.165) is 0 Å². The molecule has 11 aromatic carbocycles. The summed E-state index contributed by atoms with van der Waals surface area (Å²) >= 11 is 0. The van der Waals surface area contributed by atoms with Crippen LogP contribution in [0.1, 0.15) is 94.7 Å². The third-order valence-corrected chi connectivity index (χ3v) is 18.2. The molecule has 0 spiro atoms. The second kappa shape index (κ2) is 21.8. The van der Waals surface area contributed by atoms with Gasteiger partial charge in [-0.3, -0.25) is 0 Å². The SMILES string of the molecule is CCCCCCC1(CCCCCC)c2cc(-c3ccc(-n4c5ccccc5c5ccccc54)cc3)ccc2-c2ccc(-c3ccc(-n4c5ccccc5c5cc(-c6cccc(-c7cccc(-c8cccc(C)c8)c7)c6)ccc54)cc3)cc21. The maximum absolute atomic E-state index is 2.60. The maximum atomic E-state index is 2.60. The van der Waals surface area contributed by atoms with Crippen LogP contribution in [0.2, 0.25) is 0 Å². The summed E-state index contributed by atoms with van der Waals surface area (Å²) in [5.74, 6) is 0. The standard InChI is InChI=1S/C80H70N2/c1-4-6-8-16-47-80(48-17-9-7-5-2)74-53-64(56-33-40-66(41-34-56)81-76-30-13-10-27-70(76)71-28-11-14-31-77(71)81)37-44-68(74)69-45-38-65(54-75(69)80)57-35-42-67(43-36-57)82-78-32-15-12-29-72(78)73-52-63(39-46-79(73)82)62-26-20-25-61(51-62)60-24-19-23-59(50-60)58-22-18-21-55(3)49-58/h10-15,18-46,49-54H,4-9,16-17,47-48H2,1-3H3. The zero-order chi connectivity index (χ0) is 55.2. The smallest absolute Gasteiger partial charge is 0.0541 e. The number of fused-ring (bicyclic) bond motifs is 9. The molecule has 0 radical (unpaired) electrons. The summed E-state index contributed by atoms with van der Waals surface area (Å²) in [5.41, 5.74) is 26.8. The molecule has 0 aliphatic heterocycles. The second-order valence-electron chi connectivity index (χ2n) is 23.3. The van der Waals surface area contributed by atoms with Crippen LogP contribution in [0.3, 0.4) is 0 Å². The Morgan fingerprint density at radius 2 is 0.646 bits per heavy atom.